The van der Waals surface area contributed by atoms with Crippen molar-refractivity contribution >= 4 is 23.3 Å². The van der Waals surface area contributed by atoms with Crippen molar-refractivity contribution in [3.05, 3.63) is 21.9 Å². The van der Waals surface area contributed by atoms with Crippen LogP contribution in [-0.2, 0) is 17.8 Å². The first-order chi connectivity index (χ1) is 8.16. The summed E-state index contributed by atoms with van der Waals surface area (Å²) in [5, 5.41) is 13.1. The van der Waals surface area contributed by atoms with Gasteiger partial charge in [0.25, 0.3) is 0 Å². The molecule has 0 unspecified atom stereocenters. The quantitative estimate of drug-likeness (QED) is 0.854. The van der Waals surface area contributed by atoms with E-state index in [9.17, 15) is 9.59 Å². The second kappa shape index (κ2) is 5.18. The maximum absolute atomic E-state index is 11.7. The number of nitrogens with one attached hydrogen (secondary N) is 1. The van der Waals surface area contributed by atoms with Gasteiger partial charge < -0.3 is 15.3 Å². The van der Waals surface area contributed by atoms with Gasteiger partial charge in [0.2, 0.25) is 0 Å². The number of amides is 2. The molecule has 0 bridgehead atoms. The highest BCUT2D eigenvalue weighted by Crippen LogP contribution is 2.23. The van der Waals surface area contributed by atoms with Crippen LogP contribution in [0, 0.1) is 0 Å². The van der Waals surface area contributed by atoms with Gasteiger partial charge in [-0.3, -0.25) is 4.79 Å². The summed E-state index contributed by atoms with van der Waals surface area (Å²) in [7, 11) is 0. The van der Waals surface area contributed by atoms with E-state index in [0.717, 1.165) is 6.42 Å². The van der Waals surface area contributed by atoms with Crippen molar-refractivity contribution in [2.24, 2.45) is 0 Å². The highest BCUT2D eigenvalue weighted by atomic mass is 32.1. The number of rotatable bonds is 3. The predicted molar refractivity (Wildman–Crippen MR) is 64.1 cm³/mol. The highest BCUT2D eigenvalue weighted by molar-refractivity contribution is 7.10. The van der Waals surface area contributed by atoms with Crippen LogP contribution >= 0.6 is 11.3 Å². The largest absolute Gasteiger partial charge is 0.481 e. The molecule has 0 spiro atoms. The van der Waals surface area contributed by atoms with Crippen LogP contribution in [0.1, 0.15) is 16.9 Å². The lowest BCUT2D eigenvalue weighted by Crippen LogP contribution is -2.43. The zero-order valence-electron chi connectivity index (χ0n) is 9.31. The van der Waals surface area contributed by atoms with Crippen LogP contribution in [0.3, 0.4) is 0 Å². The summed E-state index contributed by atoms with van der Waals surface area (Å²) in [6.07, 6.45) is 0.850. The molecule has 6 heteroatoms. The number of carbonyl (C=O) groups excluding carboxylic acids is 1. The van der Waals surface area contributed by atoms with Gasteiger partial charge in [-0.15, -0.1) is 11.3 Å². The second-order valence-corrected chi connectivity index (χ2v) is 4.92. The fourth-order valence-corrected chi connectivity index (χ4v) is 2.70. The molecule has 1 aliphatic heterocycles. The van der Waals surface area contributed by atoms with Gasteiger partial charge in [0.05, 0.1) is 6.42 Å². The maximum Gasteiger partial charge on any atom is 0.317 e. The van der Waals surface area contributed by atoms with Crippen molar-refractivity contribution in [3.8, 4) is 0 Å². The molecule has 5 nitrogen and oxygen atoms in total. The van der Waals surface area contributed by atoms with Crippen LogP contribution in [0.2, 0.25) is 0 Å². The first kappa shape index (κ1) is 11.9. The normalized spacial score (nSPS) is 14.2. The van der Waals surface area contributed by atoms with Crippen molar-refractivity contribution in [2.75, 3.05) is 13.1 Å². The van der Waals surface area contributed by atoms with Crippen LogP contribution in [0.4, 0.5) is 4.79 Å². The van der Waals surface area contributed by atoms with Crippen LogP contribution in [-0.4, -0.2) is 35.1 Å². The molecule has 92 valence electrons. The Hall–Kier alpha value is -1.56. The Labute approximate surface area is 103 Å². The average Bonchev–Trinajstić information content (AvgIpc) is 2.75. The Morgan fingerprint density at radius 1 is 1.53 bits per heavy atom. The summed E-state index contributed by atoms with van der Waals surface area (Å²) in [6.45, 7) is 1.51. The number of hydrogen-bond donors (Lipinski definition) is 2. The summed E-state index contributed by atoms with van der Waals surface area (Å²) in [4.78, 5) is 25.1. The number of fused-ring (bicyclic) bond motifs is 1. The monoisotopic (exact) mass is 254 g/mol. The van der Waals surface area contributed by atoms with E-state index in [-0.39, 0.29) is 19.0 Å². The molecule has 0 fully saturated rings. The van der Waals surface area contributed by atoms with Gasteiger partial charge >= 0.3 is 12.0 Å². The smallest absolute Gasteiger partial charge is 0.317 e. The van der Waals surface area contributed by atoms with Gasteiger partial charge in [-0.05, 0) is 23.4 Å². The van der Waals surface area contributed by atoms with E-state index in [4.69, 9.17) is 5.11 Å². The van der Waals surface area contributed by atoms with Crippen molar-refractivity contribution < 1.29 is 14.7 Å². The van der Waals surface area contributed by atoms with E-state index >= 15 is 0 Å². The van der Waals surface area contributed by atoms with Gasteiger partial charge in [0.1, 0.15) is 0 Å². The van der Waals surface area contributed by atoms with E-state index in [1.54, 1.807) is 16.2 Å². The maximum atomic E-state index is 11.7. The summed E-state index contributed by atoms with van der Waals surface area (Å²) in [5.41, 5.74) is 1.20. The van der Waals surface area contributed by atoms with E-state index in [0.29, 0.717) is 13.1 Å². The molecule has 2 rings (SSSR count). The Balaban J connectivity index is 1.84. The van der Waals surface area contributed by atoms with Gasteiger partial charge in [0.15, 0.2) is 0 Å². The molecule has 0 aliphatic carbocycles. The highest BCUT2D eigenvalue weighted by Gasteiger charge is 2.20. The molecular formula is C11H14N2O3S. The SMILES string of the molecule is O=C(O)CCNC(=O)N1CCc2sccc2C1. The van der Waals surface area contributed by atoms with Crippen molar-refractivity contribution in [3.63, 3.8) is 0 Å². The van der Waals surface area contributed by atoms with Gasteiger partial charge in [0, 0.05) is 24.5 Å². The zero-order chi connectivity index (χ0) is 12.3. The van der Waals surface area contributed by atoms with Crippen LogP contribution < -0.4 is 5.32 Å². The lowest BCUT2D eigenvalue weighted by atomic mass is 10.1. The molecule has 2 heterocycles. The van der Waals surface area contributed by atoms with Gasteiger partial charge in [-0.1, -0.05) is 0 Å². The number of thiophene rings is 1. The third-order valence-corrected chi connectivity index (χ3v) is 3.73. The van der Waals surface area contributed by atoms with Crippen LogP contribution in [0.15, 0.2) is 11.4 Å². The first-order valence-electron chi connectivity index (χ1n) is 5.46. The standard InChI is InChI=1S/C11H14N2O3S/c14-10(15)1-4-12-11(16)13-5-2-9-8(7-13)3-6-17-9/h3,6H,1-2,4-5,7H2,(H,12,16)(H,14,15). The fraction of sp³-hybridized carbons (Fsp3) is 0.455. The van der Waals surface area contributed by atoms with E-state index < -0.39 is 5.97 Å². The third-order valence-electron chi connectivity index (χ3n) is 2.71. The lowest BCUT2D eigenvalue weighted by Gasteiger charge is -2.27. The number of carbonyl (C=O) groups is 2. The van der Waals surface area contributed by atoms with E-state index in [1.807, 2.05) is 11.4 Å². The second-order valence-electron chi connectivity index (χ2n) is 3.92. The van der Waals surface area contributed by atoms with E-state index in [1.165, 1.54) is 10.4 Å². The predicted octanol–water partition coefficient (Wildman–Crippen LogP) is 1.29. The number of carboxylic acids is 1. The van der Waals surface area contributed by atoms with Crippen LogP contribution in [0.25, 0.3) is 0 Å². The summed E-state index contributed by atoms with van der Waals surface area (Å²) in [6, 6.07) is 1.86. The Morgan fingerprint density at radius 2 is 2.35 bits per heavy atom. The molecule has 1 aromatic heterocycles. The molecule has 0 saturated carbocycles. The first-order valence-corrected chi connectivity index (χ1v) is 6.34. The number of hydrogen-bond acceptors (Lipinski definition) is 3. The Bertz CT molecular complexity index is 430. The average molecular weight is 254 g/mol. The molecule has 17 heavy (non-hydrogen) atoms. The summed E-state index contributed by atoms with van der Waals surface area (Å²) < 4.78 is 0. The van der Waals surface area contributed by atoms with Crippen molar-refractivity contribution in [1.82, 2.24) is 10.2 Å². The van der Waals surface area contributed by atoms with Crippen LogP contribution in [0.5, 0.6) is 0 Å². The number of aliphatic carboxylic acids is 1. The number of carboxylic acid groups (broad SMARTS) is 1. The molecule has 0 atom stereocenters. The minimum Gasteiger partial charge on any atom is -0.481 e. The molecule has 0 aromatic carbocycles. The molecule has 1 aromatic rings. The number of nitrogens with zero attached hydrogens (tertiary/aromatic N) is 1. The fourth-order valence-electron chi connectivity index (χ4n) is 1.81. The lowest BCUT2D eigenvalue weighted by molar-refractivity contribution is -0.136. The molecular weight excluding hydrogens is 240 g/mol. The Morgan fingerprint density at radius 3 is 3.12 bits per heavy atom. The molecule has 0 radical (unpaired) electrons. The molecule has 1 aliphatic rings. The molecule has 2 N–H and O–H groups in total. The molecule has 0 saturated heterocycles. The van der Waals surface area contributed by atoms with Gasteiger partial charge in [-0.2, -0.15) is 0 Å². The minimum atomic E-state index is -0.899. The Kier molecular flexibility index (Phi) is 3.63. The summed E-state index contributed by atoms with van der Waals surface area (Å²) in [5.74, 6) is -0.899. The number of urea groups is 1. The summed E-state index contributed by atoms with van der Waals surface area (Å²) >= 11 is 1.72. The minimum absolute atomic E-state index is 0.0384. The zero-order valence-corrected chi connectivity index (χ0v) is 10.1. The van der Waals surface area contributed by atoms with Gasteiger partial charge in [-0.25, -0.2) is 4.79 Å². The topological polar surface area (TPSA) is 69.6 Å². The van der Waals surface area contributed by atoms with Crippen molar-refractivity contribution in [1.29, 1.82) is 0 Å². The molecule has 2 amide bonds. The van der Waals surface area contributed by atoms with E-state index in [2.05, 4.69) is 5.32 Å². The third kappa shape index (κ3) is 2.97. The van der Waals surface area contributed by atoms with Crippen molar-refractivity contribution in [2.45, 2.75) is 19.4 Å².